The Bertz CT molecular complexity index is 553. The molecule has 1 atom stereocenters. The van der Waals surface area contributed by atoms with Gasteiger partial charge < -0.3 is 10.3 Å². The van der Waals surface area contributed by atoms with E-state index in [0.29, 0.717) is 18.3 Å². The number of nitrogens with two attached hydrogens (primary N) is 1. The van der Waals surface area contributed by atoms with Gasteiger partial charge in [0.1, 0.15) is 5.82 Å². The molecule has 0 aliphatic heterocycles. The summed E-state index contributed by atoms with van der Waals surface area (Å²) in [7, 11) is 0. The van der Waals surface area contributed by atoms with Crippen LogP contribution in [0.25, 0.3) is 11.4 Å². The highest BCUT2D eigenvalue weighted by atomic mass is 19.1. The van der Waals surface area contributed by atoms with Crippen molar-refractivity contribution >= 4 is 0 Å². The normalized spacial score (nSPS) is 12.6. The Morgan fingerprint density at radius 1 is 1.42 bits per heavy atom. The largest absolute Gasteiger partial charge is 0.339 e. The Morgan fingerprint density at radius 2 is 2.21 bits per heavy atom. The van der Waals surface area contributed by atoms with Gasteiger partial charge in [-0.1, -0.05) is 18.5 Å². The summed E-state index contributed by atoms with van der Waals surface area (Å²) in [4.78, 5) is 4.38. The van der Waals surface area contributed by atoms with E-state index in [4.69, 9.17) is 10.3 Å². The molecule has 0 aliphatic rings. The number of rotatable bonds is 5. The van der Waals surface area contributed by atoms with Gasteiger partial charge in [0, 0.05) is 12.1 Å². The molecule has 0 spiro atoms. The summed E-state index contributed by atoms with van der Waals surface area (Å²) in [5, 5.41) is 3.96. The Kier molecular flexibility index (Phi) is 4.27. The predicted octanol–water partition coefficient (Wildman–Crippen LogP) is 3.03. The van der Waals surface area contributed by atoms with Crippen LogP contribution < -0.4 is 5.73 Å². The maximum atomic E-state index is 13.1. The molecular weight excluding hydrogens is 245 g/mol. The fraction of sp³-hybridized carbons (Fsp3) is 0.429. The summed E-state index contributed by atoms with van der Waals surface area (Å²) in [6.45, 7) is 4.39. The molecule has 0 bridgehead atoms. The quantitative estimate of drug-likeness (QED) is 0.900. The van der Waals surface area contributed by atoms with Gasteiger partial charge in [-0.25, -0.2) is 4.39 Å². The second-order valence-corrected chi connectivity index (χ2v) is 4.64. The average molecular weight is 263 g/mol. The van der Waals surface area contributed by atoms with E-state index < -0.39 is 0 Å². The van der Waals surface area contributed by atoms with Crippen LogP contribution in [0.4, 0.5) is 4.39 Å². The number of halogens is 1. The number of nitrogens with zero attached hydrogens (tertiary/aromatic N) is 2. The van der Waals surface area contributed by atoms with E-state index in [1.165, 1.54) is 12.1 Å². The van der Waals surface area contributed by atoms with Crippen molar-refractivity contribution in [1.82, 2.24) is 10.1 Å². The third kappa shape index (κ3) is 2.98. The molecule has 4 nitrogen and oxygen atoms in total. The Morgan fingerprint density at radius 3 is 2.84 bits per heavy atom. The molecule has 19 heavy (non-hydrogen) atoms. The zero-order chi connectivity index (χ0) is 13.8. The standard InChI is InChI=1S/C14H18FN3O/c1-3-4-10(8-16)14-17-13(18-19-14)12-6-5-11(15)7-9(12)2/h5-7,10H,3-4,8,16H2,1-2H3. The zero-order valence-corrected chi connectivity index (χ0v) is 11.2. The minimum Gasteiger partial charge on any atom is -0.339 e. The molecule has 0 radical (unpaired) electrons. The molecule has 2 rings (SSSR count). The molecule has 1 heterocycles. The van der Waals surface area contributed by atoms with Crippen LogP contribution in [-0.2, 0) is 0 Å². The molecule has 1 aromatic heterocycles. The van der Waals surface area contributed by atoms with Gasteiger partial charge in [-0.05, 0) is 37.1 Å². The van der Waals surface area contributed by atoms with E-state index in [2.05, 4.69) is 17.1 Å². The first kappa shape index (κ1) is 13.7. The SMILES string of the molecule is CCCC(CN)c1nc(-c2ccc(F)cc2C)no1. The highest BCUT2D eigenvalue weighted by Crippen LogP contribution is 2.24. The molecule has 5 heteroatoms. The van der Waals surface area contributed by atoms with Gasteiger partial charge in [0.05, 0.1) is 5.92 Å². The van der Waals surface area contributed by atoms with Gasteiger partial charge in [-0.2, -0.15) is 4.98 Å². The van der Waals surface area contributed by atoms with Gasteiger partial charge in [0.25, 0.3) is 0 Å². The first-order valence-electron chi connectivity index (χ1n) is 6.46. The second kappa shape index (κ2) is 5.93. The van der Waals surface area contributed by atoms with Crippen molar-refractivity contribution in [2.75, 3.05) is 6.54 Å². The molecule has 0 saturated heterocycles. The van der Waals surface area contributed by atoms with Crippen molar-refractivity contribution in [3.05, 3.63) is 35.5 Å². The molecule has 2 aromatic rings. The topological polar surface area (TPSA) is 64.9 Å². The van der Waals surface area contributed by atoms with E-state index in [-0.39, 0.29) is 11.7 Å². The number of hydrogen-bond acceptors (Lipinski definition) is 4. The lowest BCUT2D eigenvalue weighted by Gasteiger charge is -2.06. The Hall–Kier alpha value is -1.75. The van der Waals surface area contributed by atoms with Gasteiger partial charge in [0.15, 0.2) is 0 Å². The summed E-state index contributed by atoms with van der Waals surface area (Å²) < 4.78 is 18.3. The fourth-order valence-corrected chi connectivity index (χ4v) is 2.08. The fourth-order valence-electron chi connectivity index (χ4n) is 2.08. The van der Waals surface area contributed by atoms with Crippen molar-refractivity contribution in [3.8, 4) is 11.4 Å². The Labute approximate surface area is 111 Å². The molecule has 0 fully saturated rings. The van der Waals surface area contributed by atoms with E-state index in [9.17, 15) is 4.39 Å². The molecule has 0 amide bonds. The number of hydrogen-bond donors (Lipinski definition) is 1. The molecular formula is C14H18FN3O. The number of aromatic nitrogens is 2. The van der Waals surface area contributed by atoms with Crippen molar-refractivity contribution < 1.29 is 8.91 Å². The van der Waals surface area contributed by atoms with Crippen LogP contribution in [0.15, 0.2) is 22.7 Å². The first-order chi connectivity index (χ1) is 9.15. The lowest BCUT2D eigenvalue weighted by molar-refractivity contribution is 0.347. The number of benzene rings is 1. The molecule has 0 aliphatic carbocycles. The minimum absolute atomic E-state index is 0.0898. The van der Waals surface area contributed by atoms with Crippen LogP contribution >= 0.6 is 0 Å². The smallest absolute Gasteiger partial charge is 0.231 e. The molecule has 1 aromatic carbocycles. The summed E-state index contributed by atoms with van der Waals surface area (Å²) >= 11 is 0. The van der Waals surface area contributed by atoms with E-state index in [1.807, 2.05) is 6.92 Å². The van der Waals surface area contributed by atoms with Crippen molar-refractivity contribution in [2.45, 2.75) is 32.6 Å². The van der Waals surface area contributed by atoms with Crippen molar-refractivity contribution in [3.63, 3.8) is 0 Å². The van der Waals surface area contributed by atoms with Crippen LogP contribution in [0.1, 0.15) is 37.1 Å². The molecule has 102 valence electrons. The van der Waals surface area contributed by atoms with Crippen molar-refractivity contribution in [2.24, 2.45) is 5.73 Å². The highest BCUT2D eigenvalue weighted by molar-refractivity contribution is 5.59. The van der Waals surface area contributed by atoms with Crippen LogP contribution in [0.3, 0.4) is 0 Å². The van der Waals surface area contributed by atoms with Crippen LogP contribution in [0.5, 0.6) is 0 Å². The zero-order valence-electron chi connectivity index (χ0n) is 11.2. The first-order valence-corrected chi connectivity index (χ1v) is 6.46. The van der Waals surface area contributed by atoms with Crippen molar-refractivity contribution in [1.29, 1.82) is 0 Å². The van der Waals surface area contributed by atoms with E-state index >= 15 is 0 Å². The van der Waals surface area contributed by atoms with Crippen LogP contribution in [0.2, 0.25) is 0 Å². The maximum Gasteiger partial charge on any atom is 0.231 e. The monoisotopic (exact) mass is 263 g/mol. The number of aryl methyl sites for hydroxylation is 1. The summed E-state index contributed by atoms with van der Waals surface area (Å²) in [6.07, 6.45) is 1.93. The van der Waals surface area contributed by atoms with Gasteiger partial charge >= 0.3 is 0 Å². The molecule has 0 saturated carbocycles. The molecule has 2 N–H and O–H groups in total. The third-order valence-electron chi connectivity index (χ3n) is 3.14. The lowest BCUT2D eigenvalue weighted by Crippen LogP contribution is -2.12. The Balaban J connectivity index is 2.29. The maximum absolute atomic E-state index is 13.1. The summed E-state index contributed by atoms with van der Waals surface area (Å²) in [5.74, 6) is 0.868. The summed E-state index contributed by atoms with van der Waals surface area (Å²) in [5.41, 5.74) is 7.28. The van der Waals surface area contributed by atoms with Crippen LogP contribution in [0, 0.1) is 12.7 Å². The summed E-state index contributed by atoms with van der Waals surface area (Å²) in [6, 6.07) is 4.51. The second-order valence-electron chi connectivity index (χ2n) is 4.64. The predicted molar refractivity (Wildman–Crippen MR) is 71.1 cm³/mol. The van der Waals surface area contributed by atoms with E-state index in [1.54, 1.807) is 6.07 Å². The van der Waals surface area contributed by atoms with Crippen LogP contribution in [-0.4, -0.2) is 16.7 Å². The van der Waals surface area contributed by atoms with Gasteiger partial charge in [-0.3, -0.25) is 0 Å². The van der Waals surface area contributed by atoms with Gasteiger partial charge in [-0.15, -0.1) is 0 Å². The minimum atomic E-state index is -0.268. The highest BCUT2D eigenvalue weighted by Gasteiger charge is 2.18. The third-order valence-corrected chi connectivity index (χ3v) is 3.14. The average Bonchev–Trinajstić information content (AvgIpc) is 2.85. The van der Waals surface area contributed by atoms with Gasteiger partial charge in [0.2, 0.25) is 11.7 Å². The molecule has 1 unspecified atom stereocenters. The van der Waals surface area contributed by atoms with E-state index in [0.717, 1.165) is 24.0 Å². The lowest BCUT2D eigenvalue weighted by atomic mass is 10.0.